The number of carbonyl (C=O) groups is 1. The maximum atomic E-state index is 13.1. The lowest BCUT2D eigenvalue weighted by molar-refractivity contribution is -0.131. The third kappa shape index (κ3) is 3.61. The van der Waals surface area contributed by atoms with E-state index < -0.39 is 0 Å². The van der Waals surface area contributed by atoms with Gasteiger partial charge in [-0.05, 0) is 61.7 Å². The normalized spacial score (nSPS) is 24.9. The zero-order chi connectivity index (χ0) is 19.5. The van der Waals surface area contributed by atoms with Crippen LogP contribution in [0.1, 0.15) is 39.0 Å². The number of fused-ring (bicyclic) bond motifs is 2. The molecule has 2 aromatic carbocycles. The van der Waals surface area contributed by atoms with E-state index in [9.17, 15) is 4.79 Å². The van der Waals surface area contributed by atoms with E-state index in [1.54, 1.807) is 0 Å². The van der Waals surface area contributed by atoms with Crippen molar-refractivity contribution < 1.29 is 9.53 Å². The molecule has 4 rings (SSSR count). The Balaban J connectivity index is 1.42. The molecule has 2 fully saturated rings. The molecule has 2 saturated heterocycles. The molecular weight excluding hydrogens is 350 g/mol. The number of hydrogen-bond donors (Lipinski definition) is 1. The Morgan fingerprint density at radius 2 is 1.93 bits per heavy atom. The summed E-state index contributed by atoms with van der Waals surface area (Å²) in [7, 11) is 0. The van der Waals surface area contributed by atoms with Gasteiger partial charge in [0.05, 0.1) is 18.2 Å². The summed E-state index contributed by atoms with van der Waals surface area (Å²) in [6.07, 6.45) is 5.21. The van der Waals surface area contributed by atoms with Crippen LogP contribution in [-0.4, -0.2) is 53.7 Å². The Bertz CT molecular complexity index is 824. The maximum Gasteiger partial charge on any atom is 0.241 e. The maximum absolute atomic E-state index is 13.1. The monoisotopic (exact) mass is 381 g/mol. The van der Waals surface area contributed by atoms with Gasteiger partial charge in [0.15, 0.2) is 0 Å². The van der Waals surface area contributed by atoms with Crippen LogP contribution in [0.4, 0.5) is 0 Å². The van der Waals surface area contributed by atoms with Gasteiger partial charge in [-0.2, -0.15) is 0 Å². The predicted molar refractivity (Wildman–Crippen MR) is 112 cm³/mol. The standard InChI is InChI=1S/C23H31N3O2/c1-2-25-21(9-5-6-14-24)23(27)26-19(11-13-22(25)26)16-28-20-12-10-17-7-3-4-8-18(17)15-20/h3-4,7-8,10,12,15,19,21-22H,2,5-6,9,11,13-14,16,24H2,1H3/t19-,21+,22?/m1/s1. The molecule has 1 unspecified atom stereocenters. The molecule has 5 heteroatoms. The lowest BCUT2D eigenvalue weighted by atomic mass is 10.1. The van der Waals surface area contributed by atoms with Crippen molar-refractivity contribution in [3.63, 3.8) is 0 Å². The van der Waals surface area contributed by atoms with Crippen LogP contribution in [0.3, 0.4) is 0 Å². The van der Waals surface area contributed by atoms with Gasteiger partial charge in [0.25, 0.3) is 0 Å². The molecule has 2 aromatic rings. The number of likely N-dealkylation sites (N-methyl/N-ethyl adjacent to an activating group) is 1. The number of nitrogens with zero attached hydrogens (tertiary/aromatic N) is 2. The molecule has 0 radical (unpaired) electrons. The van der Waals surface area contributed by atoms with Crippen LogP contribution in [0, 0.1) is 0 Å². The summed E-state index contributed by atoms with van der Waals surface area (Å²) in [6.45, 7) is 4.33. The van der Waals surface area contributed by atoms with Gasteiger partial charge in [-0.25, -0.2) is 0 Å². The first kappa shape index (κ1) is 19.2. The molecule has 0 aliphatic carbocycles. The zero-order valence-corrected chi connectivity index (χ0v) is 16.7. The van der Waals surface area contributed by atoms with Crippen molar-refractivity contribution in [2.75, 3.05) is 19.7 Å². The van der Waals surface area contributed by atoms with Crippen molar-refractivity contribution in [1.82, 2.24) is 9.80 Å². The van der Waals surface area contributed by atoms with E-state index in [1.807, 2.05) is 18.2 Å². The largest absolute Gasteiger partial charge is 0.491 e. The molecule has 0 spiro atoms. The summed E-state index contributed by atoms with van der Waals surface area (Å²) >= 11 is 0. The third-order valence-electron chi connectivity index (χ3n) is 6.26. The van der Waals surface area contributed by atoms with Gasteiger partial charge in [0, 0.05) is 0 Å². The fourth-order valence-corrected chi connectivity index (χ4v) is 4.85. The number of carbonyl (C=O) groups excluding carboxylic acids is 1. The Kier molecular flexibility index (Phi) is 5.83. The minimum Gasteiger partial charge on any atom is -0.491 e. The first-order valence-electron chi connectivity index (χ1n) is 10.6. The minimum absolute atomic E-state index is 0.0185. The number of unbranched alkanes of at least 4 members (excludes halogenated alkanes) is 1. The average molecular weight is 382 g/mol. The number of ether oxygens (including phenoxy) is 1. The third-order valence-corrected chi connectivity index (χ3v) is 6.26. The fourth-order valence-electron chi connectivity index (χ4n) is 4.85. The minimum atomic E-state index is 0.0185. The topological polar surface area (TPSA) is 58.8 Å². The summed E-state index contributed by atoms with van der Waals surface area (Å²) < 4.78 is 6.13. The number of rotatable bonds is 8. The van der Waals surface area contributed by atoms with Gasteiger partial charge in [0.1, 0.15) is 12.4 Å². The highest BCUT2D eigenvalue weighted by Crippen LogP contribution is 2.36. The van der Waals surface area contributed by atoms with Crippen molar-refractivity contribution in [3.05, 3.63) is 42.5 Å². The molecule has 0 aromatic heterocycles. The molecule has 3 atom stereocenters. The second kappa shape index (κ2) is 8.50. The van der Waals surface area contributed by atoms with Crippen LogP contribution >= 0.6 is 0 Å². The molecule has 0 saturated carbocycles. The van der Waals surface area contributed by atoms with Crippen LogP contribution < -0.4 is 10.5 Å². The van der Waals surface area contributed by atoms with E-state index in [0.29, 0.717) is 13.2 Å². The van der Waals surface area contributed by atoms with Gasteiger partial charge in [-0.1, -0.05) is 43.7 Å². The van der Waals surface area contributed by atoms with Gasteiger partial charge < -0.3 is 15.4 Å². The molecule has 5 nitrogen and oxygen atoms in total. The number of amides is 1. The number of hydrogen-bond acceptors (Lipinski definition) is 4. The molecule has 0 bridgehead atoms. The van der Waals surface area contributed by atoms with Crippen LogP contribution in [-0.2, 0) is 4.79 Å². The molecule has 28 heavy (non-hydrogen) atoms. The number of benzene rings is 2. The van der Waals surface area contributed by atoms with Crippen LogP contribution in [0.15, 0.2) is 42.5 Å². The summed E-state index contributed by atoms with van der Waals surface area (Å²) in [5.41, 5.74) is 5.63. The molecular formula is C23H31N3O2. The molecule has 2 heterocycles. The van der Waals surface area contributed by atoms with Crippen molar-refractivity contribution in [1.29, 1.82) is 0 Å². The quantitative estimate of drug-likeness (QED) is 0.712. The van der Waals surface area contributed by atoms with Crippen molar-refractivity contribution in [3.8, 4) is 5.75 Å². The van der Waals surface area contributed by atoms with Gasteiger partial charge >= 0.3 is 0 Å². The Hall–Kier alpha value is -2.11. The molecule has 2 aliphatic heterocycles. The Labute approximate surface area is 167 Å². The molecule has 2 aliphatic rings. The second-order valence-corrected chi connectivity index (χ2v) is 7.91. The van der Waals surface area contributed by atoms with E-state index in [4.69, 9.17) is 10.5 Å². The van der Waals surface area contributed by atoms with E-state index >= 15 is 0 Å². The summed E-state index contributed by atoms with van der Waals surface area (Å²) in [5, 5.41) is 2.39. The summed E-state index contributed by atoms with van der Waals surface area (Å²) in [6, 6.07) is 14.7. The first-order chi connectivity index (χ1) is 13.7. The SMILES string of the molecule is CCN1C2CC[C@H](COc3ccc4ccccc4c3)N2C(=O)[C@@H]1CCCCN. The second-order valence-electron chi connectivity index (χ2n) is 7.91. The molecule has 150 valence electrons. The van der Waals surface area contributed by atoms with E-state index in [2.05, 4.69) is 41.0 Å². The van der Waals surface area contributed by atoms with Crippen LogP contribution in [0.2, 0.25) is 0 Å². The molecule has 2 N–H and O–H groups in total. The van der Waals surface area contributed by atoms with Crippen molar-refractivity contribution in [2.24, 2.45) is 5.73 Å². The highest BCUT2D eigenvalue weighted by Gasteiger charge is 2.50. The Morgan fingerprint density at radius 1 is 1.11 bits per heavy atom. The van der Waals surface area contributed by atoms with Gasteiger partial charge in [0.2, 0.25) is 5.91 Å². The summed E-state index contributed by atoms with van der Waals surface area (Å²) in [4.78, 5) is 17.6. The summed E-state index contributed by atoms with van der Waals surface area (Å²) in [5.74, 6) is 1.16. The predicted octanol–water partition coefficient (Wildman–Crippen LogP) is 3.37. The number of nitrogens with two attached hydrogens (primary N) is 1. The van der Waals surface area contributed by atoms with Gasteiger partial charge in [-0.3, -0.25) is 9.69 Å². The molecule has 1 amide bonds. The van der Waals surface area contributed by atoms with Crippen molar-refractivity contribution in [2.45, 2.75) is 57.3 Å². The van der Waals surface area contributed by atoms with E-state index in [0.717, 1.165) is 44.4 Å². The Morgan fingerprint density at radius 3 is 2.71 bits per heavy atom. The first-order valence-corrected chi connectivity index (χ1v) is 10.6. The highest BCUT2D eigenvalue weighted by atomic mass is 16.5. The lowest BCUT2D eigenvalue weighted by Gasteiger charge is -2.27. The van der Waals surface area contributed by atoms with Crippen LogP contribution in [0.5, 0.6) is 5.75 Å². The highest BCUT2D eigenvalue weighted by molar-refractivity contribution is 5.85. The zero-order valence-electron chi connectivity index (χ0n) is 16.7. The van der Waals surface area contributed by atoms with E-state index in [-0.39, 0.29) is 24.2 Å². The van der Waals surface area contributed by atoms with Crippen molar-refractivity contribution >= 4 is 16.7 Å². The van der Waals surface area contributed by atoms with Crippen LogP contribution in [0.25, 0.3) is 10.8 Å². The average Bonchev–Trinajstić information content (AvgIpc) is 3.25. The fraction of sp³-hybridized carbons (Fsp3) is 0.522. The smallest absolute Gasteiger partial charge is 0.241 e. The van der Waals surface area contributed by atoms with Gasteiger partial charge in [-0.15, -0.1) is 0 Å². The lowest BCUT2D eigenvalue weighted by Crippen LogP contribution is -2.41. The van der Waals surface area contributed by atoms with E-state index in [1.165, 1.54) is 10.8 Å².